The van der Waals surface area contributed by atoms with E-state index in [1.54, 1.807) is 0 Å². The van der Waals surface area contributed by atoms with Gasteiger partial charge >= 0.3 is 0 Å². The quantitative estimate of drug-likeness (QED) is 0.706. The van der Waals surface area contributed by atoms with E-state index in [0.29, 0.717) is 0 Å². The summed E-state index contributed by atoms with van der Waals surface area (Å²) in [6.45, 7) is 5.93. The van der Waals surface area contributed by atoms with Crippen molar-refractivity contribution in [2.75, 3.05) is 0 Å². The number of benzene rings is 1. The molecule has 0 aliphatic carbocycles. The molecule has 0 fully saturated rings. The van der Waals surface area contributed by atoms with Gasteiger partial charge in [-0.25, -0.2) is 0 Å². The predicted octanol–water partition coefficient (Wildman–Crippen LogP) is 3.16. The van der Waals surface area contributed by atoms with Crippen LogP contribution >= 0.6 is 0 Å². The van der Waals surface area contributed by atoms with Gasteiger partial charge in [-0.15, -0.1) is 18.6 Å². The maximum Gasteiger partial charge on any atom is 0 e. The van der Waals surface area contributed by atoms with E-state index in [1.807, 2.05) is 0 Å². The molecule has 12 heavy (non-hydrogen) atoms. The third kappa shape index (κ3) is 3.73. The Bertz CT molecular complexity index is 218. The molecule has 1 aromatic rings. The number of hydrogen-bond donors (Lipinski definition) is 0. The molecular weight excluding hydrogens is 221 g/mol. The number of unbranched alkanes of at least 4 members (excludes halogenated alkanes) is 1. The van der Waals surface area contributed by atoms with Crippen LogP contribution in [-0.2, 0) is 32.7 Å². The molecule has 0 bridgehead atoms. The number of hydrogen-bond acceptors (Lipinski definition) is 0. The molecule has 0 spiro atoms. The van der Waals surface area contributed by atoms with Crippen molar-refractivity contribution in [1.82, 2.24) is 0 Å². The Morgan fingerprint density at radius 1 is 1.33 bits per heavy atom. The molecule has 1 radical (unpaired) electrons. The summed E-state index contributed by atoms with van der Waals surface area (Å²) < 4.78 is 0. The average Bonchev–Trinajstić information content (AvgIpc) is 2.03. The first-order valence-electron chi connectivity index (χ1n) is 4.02. The molecule has 1 heteroatoms. The second-order valence-electron chi connectivity index (χ2n) is 2.70. The molecule has 0 unspecified atom stereocenters. The summed E-state index contributed by atoms with van der Waals surface area (Å²) in [6, 6.07) is 8.42. The standard InChI is InChI=1S/C11H14.Y/c1-3-4-8-11-9-6-5-7-10(11)2;/h5-9H,1,3-4H2,2H3;/q-2;. The van der Waals surface area contributed by atoms with Gasteiger partial charge in [-0.2, -0.15) is 30.0 Å². The zero-order valence-corrected chi connectivity index (χ0v) is 10.4. The Kier molecular flexibility index (Phi) is 6.79. The second-order valence-corrected chi connectivity index (χ2v) is 2.70. The van der Waals surface area contributed by atoms with Crippen LogP contribution in [0.4, 0.5) is 0 Å². The first kappa shape index (κ1) is 12.2. The summed E-state index contributed by atoms with van der Waals surface area (Å²) in [5, 5.41) is 0. The first-order valence-corrected chi connectivity index (χ1v) is 4.02. The van der Waals surface area contributed by atoms with Crippen LogP contribution in [0, 0.1) is 20.3 Å². The molecule has 0 saturated heterocycles. The topological polar surface area (TPSA) is 0 Å². The van der Waals surface area contributed by atoms with E-state index in [0.717, 1.165) is 12.8 Å². The van der Waals surface area contributed by atoms with Crippen LogP contribution in [0.1, 0.15) is 24.0 Å². The van der Waals surface area contributed by atoms with Crippen LogP contribution in [0.3, 0.4) is 0 Å². The van der Waals surface area contributed by atoms with Gasteiger partial charge in [-0.3, -0.25) is 0 Å². The van der Waals surface area contributed by atoms with Crippen molar-refractivity contribution in [2.24, 2.45) is 0 Å². The fraction of sp³-hybridized carbons (Fsp3) is 0.273. The van der Waals surface area contributed by atoms with Gasteiger partial charge in [0.15, 0.2) is 0 Å². The molecule has 1 rings (SSSR count). The predicted molar refractivity (Wildman–Crippen MR) is 49.2 cm³/mol. The van der Waals surface area contributed by atoms with E-state index < -0.39 is 0 Å². The third-order valence-electron chi connectivity index (χ3n) is 1.76. The normalized spacial score (nSPS) is 8.83. The summed E-state index contributed by atoms with van der Waals surface area (Å²) in [5.41, 5.74) is 2.69. The monoisotopic (exact) mass is 235 g/mol. The van der Waals surface area contributed by atoms with Gasteiger partial charge in [-0.1, -0.05) is 13.0 Å². The molecule has 0 aromatic heterocycles. The van der Waals surface area contributed by atoms with Crippen molar-refractivity contribution in [3.63, 3.8) is 0 Å². The molecule has 0 amide bonds. The molecule has 0 saturated carbocycles. The van der Waals surface area contributed by atoms with Crippen molar-refractivity contribution < 1.29 is 32.7 Å². The van der Waals surface area contributed by atoms with Crippen molar-refractivity contribution >= 4 is 0 Å². The molecule has 0 N–H and O–H groups in total. The minimum atomic E-state index is 0. The van der Waals surface area contributed by atoms with E-state index in [4.69, 9.17) is 0 Å². The second kappa shape index (κ2) is 6.68. The zero-order valence-electron chi connectivity index (χ0n) is 7.59. The SMILES string of the molecule is [CH2-]CC[CH-]c1ccccc1C.[Y]. The van der Waals surface area contributed by atoms with Crippen LogP contribution in [0.5, 0.6) is 0 Å². The van der Waals surface area contributed by atoms with Crippen molar-refractivity contribution in [2.45, 2.75) is 19.8 Å². The van der Waals surface area contributed by atoms with E-state index in [2.05, 4.69) is 44.5 Å². The smallest absolute Gasteiger partial charge is 0 e. The summed E-state index contributed by atoms with van der Waals surface area (Å²) >= 11 is 0. The molecule has 0 nitrogen and oxygen atoms in total. The van der Waals surface area contributed by atoms with Crippen LogP contribution in [0.25, 0.3) is 0 Å². The largest absolute Gasteiger partial charge is 0.344 e. The van der Waals surface area contributed by atoms with E-state index in [-0.39, 0.29) is 32.7 Å². The molecule has 0 aliphatic rings. The molecule has 0 aliphatic heterocycles. The minimum absolute atomic E-state index is 0. The summed E-state index contributed by atoms with van der Waals surface area (Å²) in [5.74, 6) is 0. The first-order chi connectivity index (χ1) is 5.34. The van der Waals surface area contributed by atoms with Gasteiger partial charge in [0, 0.05) is 32.7 Å². The van der Waals surface area contributed by atoms with Gasteiger partial charge in [0.25, 0.3) is 0 Å². The molecule has 63 valence electrons. The molecule has 0 atom stereocenters. The van der Waals surface area contributed by atoms with Crippen molar-refractivity contribution in [3.05, 3.63) is 48.7 Å². The van der Waals surface area contributed by atoms with Crippen LogP contribution in [0.2, 0.25) is 0 Å². The Morgan fingerprint density at radius 2 is 2.00 bits per heavy atom. The Hall–Kier alpha value is 0.194. The average molecular weight is 235 g/mol. The Labute approximate surface area is 101 Å². The van der Waals surface area contributed by atoms with Gasteiger partial charge in [0.2, 0.25) is 0 Å². The minimum Gasteiger partial charge on any atom is -0.344 e. The van der Waals surface area contributed by atoms with Gasteiger partial charge in [-0.05, 0) is 0 Å². The maximum absolute atomic E-state index is 3.80. The van der Waals surface area contributed by atoms with Gasteiger partial charge in [0.05, 0.1) is 0 Å². The van der Waals surface area contributed by atoms with Crippen LogP contribution < -0.4 is 0 Å². The number of rotatable bonds is 3. The van der Waals surface area contributed by atoms with Crippen LogP contribution in [0.15, 0.2) is 24.3 Å². The fourth-order valence-electron chi connectivity index (χ4n) is 1.07. The van der Waals surface area contributed by atoms with E-state index >= 15 is 0 Å². The molecule has 1 aromatic carbocycles. The molecular formula is C11H14Y-2. The zero-order chi connectivity index (χ0) is 8.10. The van der Waals surface area contributed by atoms with E-state index in [9.17, 15) is 0 Å². The van der Waals surface area contributed by atoms with E-state index in [1.165, 1.54) is 11.1 Å². The van der Waals surface area contributed by atoms with Crippen molar-refractivity contribution in [1.29, 1.82) is 0 Å². The number of aryl methyl sites for hydroxylation is 1. The van der Waals surface area contributed by atoms with Crippen LogP contribution in [-0.4, -0.2) is 0 Å². The van der Waals surface area contributed by atoms with Crippen molar-refractivity contribution in [3.8, 4) is 0 Å². The van der Waals surface area contributed by atoms with Gasteiger partial charge in [0.1, 0.15) is 0 Å². The Balaban J connectivity index is 0.00000121. The summed E-state index contributed by atoms with van der Waals surface area (Å²) in [7, 11) is 0. The third-order valence-corrected chi connectivity index (χ3v) is 1.76. The van der Waals surface area contributed by atoms with Gasteiger partial charge < -0.3 is 6.92 Å². The summed E-state index contributed by atoms with van der Waals surface area (Å²) in [4.78, 5) is 0. The maximum atomic E-state index is 3.80. The summed E-state index contributed by atoms with van der Waals surface area (Å²) in [6.07, 6.45) is 4.29. The Morgan fingerprint density at radius 3 is 2.58 bits per heavy atom. The molecule has 0 heterocycles. The fourth-order valence-corrected chi connectivity index (χ4v) is 1.07.